The fourth-order valence-corrected chi connectivity index (χ4v) is 2.43. The van der Waals surface area contributed by atoms with Crippen LogP contribution in [0.1, 0.15) is 36.2 Å². The van der Waals surface area contributed by atoms with Gasteiger partial charge in [-0.05, 0) is 37.1 Å². The van der Waals surface area contributed by atoms with Crippen LogP contribution in [0.25, 0.3) is 0 Å². The summed E-state index contributed by atoms with van der Waals surface area (Å²) in [5.74, 6) is 0.874. The van der Waals surface area contributed by atoms with Gasteiger partial charge >= 0.3 is 0 Å². The standard InChI is InChI=1S/C15H17N3O2/c19-15(13-6-3-9-20-13)18-12-7-8-14(16-10-12)17-11-4-1-2-5-11/h3,6-11H,1-2,4-5H2,(H,16,17)(H,18,19). The summed E-state index contributed by atoms with van der Waals surface area (Å²) in [5.41, 5.74) is 0.656. The van der Waals surface area contributed by atoms with E-state index in [1.807, 2.05) is 12.1 Å². The third-order valence-corrected chi connectivity index (χ3v) is 3.47. The minimum absolute atomic E-state index is 0.270. The summed E-state index contributed by atoms with van der Waals surface area (Å²) in [6.45, 7) is 0. The van der Waals surface area contributed by atoms with Gasteiger partial charge in [0.1, 0.15) is 5.82 Å². The maximum atomic E-state index is 11.8. The van der Waals surface area contributed by atoms with E-state index in [1.54, 1.807) is 18.3 Å². The molecule has 0 unspecified atom stereocenters. The van der Waals surface area contributed by atoms with Gasteiger partial charge in [-0.15, -0.1) is 0 Å². The number of amides is 1. The number of anilines is 2. The molecule has 1 fully saturated rings. The quantitative estimate of drug-likeness (QED) is 0.895. The third kappa shape index (κ3) is 2.99. The average Bonchev–Trinajstić information content (AvgIpc) is 3.13. The van der Waals surface area contributed by atoms with E-state index in [-0.39, 0.29) is 11.7 Å². The van der Waals surface area contributed by atoms with Crippen molar-refractivity contribution >= 4 is 17.4 Å². The first-order valence-electron chi connectivity index (χ1n) is 6.89. The van der Waals surface area contributed by atoms with E-state index in [2.05, 4.69) is 15.6 Å². The summed E-state index contributed by atoms with van der Waals surface area (Å²) in [7, 11) is 0. The number of hydrogen-bond donors (Lipinski definition) is 2. The van der Waals surface area contributed by atoms with Gasteiger partial charge in [0.05, 0.1) is 18.1 Å². The van der Waals surface area contributed by atoms with Gasteiger partial charge in [0.15, 0.2) is 5.76 Å². The molecule has 2 aromatic rings. The van der Waals surface area contributed by atoms with E-state index < -0.39 is 0 Å². The van der Waals surface area contributed by atoms with Crippen molar-refractivity contribution in [2.45, 2.75) is 31.7 Å². The molecule has 0 spiro atoms. The molecule has 0 aromatic carbocycles. The van der Waals surface area contributed by atoms with Gasteiger partial charge < -0.3 is 15.1 Å². The molecule has 2 heterocycles. The molecule has 0 saturated heterocycles. The molecular weight excluding hydrogens is 254 g/mol. The van der Waals surface area contributed by atoms with E-state index in [4.69, 9.17) is 4.42 Å². The number of rotatable bonds is 4. The molecule has 1 saturated carbocycles. The van der Waals surface area contributed by atoms with E-state index >= 15 is 0 Å². The Morgan fingerprint density at radius 3 is 2.75 bits per heavy atom. The molecule has 104 valence electrons. The first kappa shape index (κ1) is 12.7. The lowest BCUT2D eigenvalue weighted by Gasteiger charge is -2.12. The van der Waals surface area contributed by atoms with Crippen molar-refractivity contribution in [2.24, 2.45) is 0 Å². The zero-order valence-corrected chi connectivity index (χ0v) is 11.1. The number of nitrogens with one attached hydrogen (secondary N) is 2. The van der Waals surface area contributed by atoms with Gasteiger partial charge in [0.2, 0.25) is 0 Å². The summed E-state index contributed by atoms with van der Waals surface area (Å²) in [4.78, 5) is 16.1. The van der Waals surface area contributed by atoms with Crippen LogP contribution < -0.4 is 10.6 Å². The molecule has 0 aliphatic heterocycles. The lowest BCUT2D eigenvalue weighted by molar-refractivity contribution is 0.0996. The maximum Gasteiger partial charge on any atom is 0.291 e. The number of hydrogen-bond acceptors (Lipinski definition) is 4. The largest absolute Gasteiger partial charge is 0.459 e. The zero-order valence-electron chi connectivity index (χ0n) is 11.1. The normalized spacial score (nSPS) is 15.2. The number of nitrogens with zero attached hydrogens (tertiary/aromatic N) is 1. The van der Waals surface area contributed by atoms with Crippen LogP contribution in [0.4, 0.5) is 11.5 Å². The fraction of sp³-hybridized carbons (Fsp3) is 0.333. The molecule has 1 amide bonds. The van der Waals surface area contributed by atoms with Gasteiger partial charge in [-0.3, -0.25) is 4.79 Å². The predicted octanol–water partition coefficient (Wildman–Crippen LogP) is 3.28. The van der Waals surface area contributed by atoms with Crippen LogP contribution in [-0.4, -0.2) is 16.9 Å². The van der Waals surface area contributed by atoms with Crippen molar-refractivity contribution in [2.75, 3.05) is 10.6 Å². The monoisotopic (exact) mass is 271 g/mol. The Morgan fingerprint density at radius 1 is 1.25 bits per heavy atom. The minimum Gasteiger partial charge on any atom is -0.459 e. The molecule has 1 aliphatic rings. The van der Waals surface area contributed by atoms with E-state index in [9.17, 15) is 4.79 Å². The Morgan fingerprint density at radius 2 is 2.10 bits per heavy atom. The molecule has 5 heteroatoms. The highest BCUT2D eigenvalue weighted by Gasteiger charge is 2.15. The lowest BCUT2D eigenvalue weighted by Crippen LogP contribution is -2.16. The third-order valence-electron chi connectivity index (χ3n) is 3.47. The number of carbonyl (C=O) groups excluding carboxylic acids is 1. The number of furan rings is 1. The zero-order chi connectivity index (χ0) is 13.8. The second-order valence-corrected chi connectivity index (χ2v) is 4.99. The van der Waals surface area contributed by atoms with Crippen molar-refractivity contribution in [1.29, 1.82) is 0 Å². The van der Waals surface area contributed by atoms with Crippen LogP contribution in [0.2, 0.25) is 0 Å². The van der Waals surface area contributed by atoms with Crippen molar-refractivity contribution in [3.8, 4) is 0 Å². The van der Waals surface area contributed by atoms with E-state index in [1.165, 1.54) is 31.9 Å². The number of carbonyl (C=O) groups is 1. The highest BCUT2D eigenvalue weighted by Crippen LogP contribution is 2.21. The van der Waals surface area contributed by atoms with Gasteiger partial charge in [0, 0.05) is 6.04 Å². The second kappa shape index (κ2) is 5.77. The Bertz CT molecular complexity index is 557. The van der Waals surface area contributed by atoms with Crippen LogP contribution in [0, 0.1) is 0 Å². The van der Waals surface area contributed by atoms with Crippen LogP contribution in [-0.2, 0) is 0 Å². The maximum absolute atomic E-state index is 11.8. The predicted molar refractivity (Wildman–Crippen MR) is 76.8 cm³/mol. The van der Waals surface area contributed by atoms with Crippen LogP contribution in [0.3, 0.4) is 0 Å². The van der Waals surface area contributed by atoms with Crippen LogP contribution in [0.15, 0.2) is 41.1 Å². The first-order chi connectivity index (χ1) is 9.81. The molecule has 5 nitrogen and oxygen atoms in total. The molecule has 3 rings (SSSR count). The molecule has 2 N–H and O–H groups in total. The number of aromatic nitrogens is 1. The van der Waals surface area contributed by atoms with Gasteiger partial charge in [-0.2, -0.15) is 0 Å². The van der Waals surface area contributed by atoms with Gasteiger partial charge in [-0.1, -0.05) is 12.8 Å². The SMILES string of the molecule is O=C(Nc1ccc(NC2CCCC2)nc1)c1ccco1. The van der Waals surface area contributed by atoms with Crippen LogP contribution >= 0.6 is 0 Å². The minimum atomic E-state index is -0.270. The topological polar surface area (TPSA) is 67.2 Å². The molecule has 2 aromatic heterocycles. The number of pyridine rings is 1. The summed E-state index contributed by atoms with van der Waals surface area (Å²) in [6, 6.07) is 7.56. The van der Waals surface area contributed by atoms with Crippen molar-refractivity contribution < 1.29 is 9.21 Å². The van der Waals surface area contributed by atoms with Gasteiger partial charge in [-0.25, -0.2) is 4.98 Å². The van der Waals surface area contributed by atoms with E-state index in [0.717, 1.165) is 5.82 Å². The van der Waals surface area contributed by atoms with Gasteiger partial charge in [0.25, 0.3) is 5.91 Å². The highest BCUT2D eigenvalue weighted by molar-refractivity contribution is 6.02. The molecule has 0 radical (unpaired) electrons. The first-order valence-corrected chi connectivity index (χ1v) is 6.89. The molecular formula is C15H17N3O2. The molecule has 0 atom stereocenters. The average molecular weight is 271 g/mol. The fourth-order valence-electron chi connectivity index (χ4n) is 2.43. The Balaban J connectivity index is 1.59. The summed E-state index contributed by atoms with van der Waals surface area (Å²) in [5, 5.41) is 6.15. The summed E-state index contributed by atoms with van der Waals surface area (Å²) < 4.78 is 5.04. The van der Waals surface area contributed by atoms with Crippen molar-refractivity contribution in [3.63, 3.8) is 0 Å². The molecule has 1 aliphatic carbocycles. The molecule has 0 bridgehead atoms. The Kier molecular flexibility index (Phi) is 3.67. The lowest BCUT2D eigenvalue weighted by atomic mass is 10.2. The Hall–Kier alpha value is -2.30. The molecule has 20 heavy (non-hydrogen) atoms. The van der Waals surface area contributed by atoms with E-state index in [0.29, 0.717) is 11.7 Å². The Labute approximate surface area is 117 Å². The summed E-state index contributed by atoms with van der Waals surface area (Å²) in [6.07, 6.45) is 8.11. The summed E-state index contributed by atoms with van der Waals surface area (Å²) >= 11 is 0. The van der Waals surface area contributed by atoms with Crippen molar-refractivity contribution in [1.82, 2.24) is 4.98 Å². The van der Waals surface area contributed by atoms with Crippen LogP contribution in [0.5, 0.6) is 0 Å². The van der Waals surface area contributed by atoms with Crippen molar-refractivity contribution in [3.05, 3.63) is 42.5 Å². The second-order valence-electron chi connectivity index (χ2n) is 4.99. The smallest absolute Gasteiger partial charge is 0.291 e. The highest BCUT2D eigenvalue weighted by atomic mass is 16.3.